The molecule has 0 saturated carbocycles. The molecule has 29 heavy (non-hydrogen) atoms. The second-order valence-electron chi connectivity index (χ2n) is 7.37. The van der Waals surface area contributed by atoms with E-state index in [9.17, 15) is 9.90 Å². The normalized spacial score (nSPS) is 12.1. The largest absolute Gasteiger partial charge is 0.478 e. The van der Waals surface area contributed by atoms with E-state index >= 15 is 0 Å². The van der Waals surface area contributed by atoms with E-state index in [0.29, 0.717) is 17.9 Å². The molecule has 1 aliphatic carbocycles. The fourth-order valence-corrected chi connectivity index (χ4v) is 3.81. The fraction of sp³-hybridized carbons (Fsp3) is 0.200. The van der Waals surface area contributed by atoms with Crippen molar-refractivity contribution in [1.29, 1.82) is 0 Å². The maximum Gasteiger partial charge on any atom is 0.336 e. The molecular weight excluding hydrogens is 362 g/mol. The van der Waals surface area contributed by atoms with Crippen LogP contribution in [-0.2, 0) is 0 Å². The van der Waals surface area contributed by atoms with Crippen LogP contribution in [0.4, 0.5) is 0 Å². The van der Waals surface area contributed by atoms with Gasteiger partial charge in [-0.25, -0.2) is 4.79 Å². The lowest BCUT2D eigenvalue weighted by Gasteiger charge is -2.18. The number of nitrogens with zero attached hydrogens (tertiary/aromatic N) is 1. The predicted octanol–water partition coefficient (Wildman–Crippen LogP) is 5.75. The minimum absolute atomic E-state index is 0.277. The summed E-state index contributed by atoms with van der Waals surface area (Å²) in [5.74, 6) is -0.241. The molecular formula is C25H23NO3. The van der Waals surface area contributed by atoms with Crippen molar-refractivity contribution in [2.45, 2.75) is 27.7 Å². The first-order valence-corrected chi connectivity index (χ1v) is 9.72. The fourth-order valence-electron chi connectivity index (χ4n) is 3.81. The van der Waals surface area contributed by atoms with Crippen LogP contribution in [0.15, 0.2) is 57.9 Å². The van der Waals surface area contributed by atoms with Gasteiger partial charge in [-0.05, 0) is 74.2 Å². The van der Waals surface area contributed by atoms with Gasteiger partial charge in [0.25, 0.3) is 0 Å². The molecule has 2 aromatic rings. The summed E-state index contributed by atoms with van der Waals surface area (Å²) in [5, 5.41) is 11.6. The number of benzene rings is 3. The highest BCUT2D eigenvalue weighted by atomic mass is 16.4. The number of rotatable bonds is 3. The summed E-state index contributed by atoms with van der Waals surface area (Å²) in [7, 11) is 0. The van der Waals surface area contributed by atoms with Crippen LogP contribution < -0.4 is 5.36 Å². The standard InChI is InChI=1S/C25H23NO3/c1-5-26-21-13-23-20(11-16(21)4)24(17-8-6-7-9-18(17)25(27)28)19-10-14(2)15(3)12-22(19)29-23/h6-13H,5H2,1-4H3,(H,27,28)/b26-21+. The molecule has 2 aliphatic rings. The van der Waals surface area contributed by atoms with Gasteiger partial charge < -0.3 is 9.52 Å². The van der Waals surface area contributed by atoms with Gasteiger partial charge in [-0.15, -0.1) is 0 Å². The lowest BCUT2D eigenvalue weighted by atomic mass is 9.89. The Kier molecular flexibility index (Phi) is 4.71. The van der Waals surface area contributed by atoms with Crippen LogP contribution in [0, 0.1) is 20.8 Å². The molecule has 0 radical (unpaired) electrons. The Hall–Kier alpha value is -3.40. The van der Waals surface area contributed by atoms with E-state index in [-0.39, 0.29) is 5.56 Å². The number of fused-ring (bicyclic) bond motifs is 2. The molecule has 146 valence electrons. The first kappa shape index (κ1) is 18.9. The zero-order valence-electron chi connectivity index (χ0n) is 17.0. The van der Waals surface area contributed by atoms with Crippen molar-refractivity contribution in [1.82, 2.24) is 0 Å². The lowest BCUT2D eigenvalue weighted by molar-refractivity contribution is 0.0697. The van der Waals surface area contributed by atoms with Crippen LogP contribution in [-0.4, -0.2) is 17.6 Å². The second kappa shape index (κ2) is 7.21. The third-order valence-electron chi connectivity index (χ3n) is 5.41. The Morgan fingerprint density at radius 3 is 2.41 bits per heavy atom. The monoisotopic (exact) mass is 385 g/mol. The first-order chi connectivity index (χ1) is 13.9. The quantitative estimate of drug-likeness (QED) is 0.457. The van der Waals surface area contributed by atoms with Gasteiger partial charge in [0.1, 0.15) is 11.3 Å². The topological polar surface area (TPSA) is 62.8 Å². The summed E-state index contributed by atoms with van der Waals surface area (Å²) in [6, 6.07) is 15.3. The van der Waals surface area contributed by atoms with Gasteiger partial charge in [-0.2, -0.15) is 0 Å². The van der Waals surface area contributed by atoms with Crippen LogP contribution in [0.2, 0.25) is 0 Å². The maximum absolute atomic E-state index is 12.0. The molecule has 0 aromatic heterocycles. The molecule has 4 rings (SSSR count). The Morgan fingerprint density at radius 2 is 1.69 bits per heavy atom. The number of carbonyl (C=O) groups is 1. The molecule has 1 aliphatic heterocycles. The molecule has 0 bridgehead atoms. The predicted molar refractivity (Wildman–Crippen MR) is 116 cm³/mol. The van der Waals surface area contributed by atoms with Crippen molar-refractivity contribution in [2.24, 2.45) is 4.99 Å². The molecule has 0 amide bonds. The zero-order chi connectivity index (χ0) is 20.7. The number of aromatic carboxylic acids is 1. The van der Waals surface area contributed by atoms with E-state index in [1.54, 1.807) is 12.1 Å². The van der Waals surface area contributed by atoms with E-state index in [2.05, 4.69) is 24.0 Å². The van der Waals surface area contributed by atoms with Gasteiger partial charge in [0.15, 0.2) is 0 Å². The smallest absolute Gasteiger partial charge is 0.336 e. The Bertz CT molecular complexity index is 1300. The molecule has 0 spiro atoms. The molecule has 1 heterocycles. The number of hydrogen-bond donors (Lipinski definition) is 1. The van der Waals surface area contributed by atoms with Crippen molar-refractivity contribution >= 4 is 16.9 Å². The minimum Gasteiger partial charge on any atom is -0.478 e. The van der Waals surface area contributed by atoms with E-state index in [1.165, 1.54) is 0 Å². The molecule has 1 N–H and O–H groups in total. The van der Waals surface area contributed by atoms with Crippen molar-refractivity contribution in [2.75, 3.05) is 6.54 Å². The van der Waals surface area contributed by atoms with Crippen LogP contribution in [0.1, 0.15) is 34.0 Å². The molecule has 0 atom stereocenters. The van der Waals surface area contributed by atoms with Gasteiger partial charge in [0, 0.05) is 29.1 Å². The average Bonchev–Trinajstić information content (AvgIpc) is 2.69. The highest BCUT2D eigenvalue weighted by molar-refractivity contribution is 6.07. The third kappa shape index (κ3) is 3.21. The first-order valence-electron chi connectivity index (χ1n) is 9.72. The summed E-state index contributed by atoms with van der Waals surface area (Å²) in [5.41, 5.74) is 6.77. The van der Waals surface area contributed by atoms with Crippen LogP contribution in [0.25, 0.3) is 33.4 Å². The van der Waals surface area contributed by atoms with E-state index in [0.717, 1.165) is 44.1 Å². The maximum atomic E-state index is 12.0. The summed E-state index contributed by atoms with van der Waals surface area (Å²) in [6.07, 6.45) is 0. The van der Waals surface area contributed by atoms with E-state index in [1.807, 2.05) is 45.0 Å². The van der Waals surface area contributed by atoms with Gasteiger partial charge in [0.2, 0.25) is 0 Å². The van der Waals surface area contributed by atoms with Gasteiger partial charge >= 0.3 is 5.97 Å². The molecule has 4 nitrogen and oxygen atoms in total. The molecule has 4 heteroatoms. The highest BCUT2D eigenvalue weighted by Gasteiger charge is 2.22. The van der Waals surface area contributed by atoms with Crippen molar-refractivity contribution in [3.63, 3.8) is 0 Å². The Morgan fingerprint density at radius 1 is 0.966 bits per heavy atom. The van der Waals surface area contributed by atoms with Crippen molar-refractivity contribution in [3.05, 3.63) is 76.1 Å². The second-order valence-corrected chi connectivity index (χ2v) is 7.37. The van der Waals surface area contributed by atoms with Crippen molar-refractivity contribution < 1.29 is 14.3 Å². The number of carboxylic acid groups (broad SMARTS) is 1. The summed E-state index contributed by atoms with van der Waals surface area (Å²) in [6.45, 7) is 8.81. The Labute approximate surface area is 169 Å². The lowest BCUT2D eigenvalue weighted by Crippen LogP contribution is -2.09. The summed E-state index contributed by atoms with van der Waals surface area (Å²) in [4.78, 5) is 16.5. The van der Waals surface area contributed by atoms with Crippen LogP contribution in [0.3, 0.4) is 0 Å². The summed E-state index contributed by atoms with van der Waals surface area (Å²) >= 11 is 0. The summed E-state index contributed by atoms with van der Waals surface area (Å²) < 4.78 is 6.28. The minimum atomic E-state index is -0.944. The molecule has 2 aromatic carbocycles. The highest BCUT2D eigenvalue weighted by Crippen LogP contribution is 2.42. The van der Waals surface area contributed by atoms with Crippen molar-refractivity contribution in [3.8, 4) is 22.5 Å². The number of hydrogen-bond acceptors (Lipinski definition) is 3. The van der Waals surface area contributed by atoms with Gasteiger partial charge in [-0.3, -0.25) is 4.99 Å². The molecule has 0 unspecified atom stereocenters. The zero-order valence-corrected chi connectivity index (χ0v) is 17.0. The average molecular weight is 385 g/mol. The van der Waals surface area contributed by atoms with Crippen LogP contribution >= 0.6 is 0 Å². The number of aryl methyl sites for hydroxylation is 3. The van der Waals surface area contributed by atoms with E-state index in [4.69, 9.17) is 4.42 Å². The molecule has 0 fully saturated rings. The van der Waals surface area contributed by atoms with E-state index < -0.39 is 5.97 Å². The SMILES string of the molecule is CC/N=c1\cc2oc3cc(C)c(C)cc3c(-c3ccccc3C(=O)O)c-2cc1C. The van der Waals surface area contributed by atoms with Gasteiger partial charge in [0.05, 0.1) is 10.9 Å². The Balaban J connectivity index is 2.24. The van der Waals surface area contributed by atoms with Crippen LogP contribution in [0.5, 0.6) is 0 Å². The number of carboxylic acids is 1. The third-order valence-corrected chi connectivity index (χ3v) is 5.41. The van der Waals surface area contributed by atoms with Gasteiger partial charge in [-0.1, -0.05) is 18.2 Å². The molecule has 0 saturated heterocycles.